The Labute approximate surface area is 199 Å². The van der Waals surface area contributed by atoms with Gasteiger partial charge in [0, 0.05) is 0 Å². The fourth-order valence-corrected chi connectivity index (χ4v) is 7.68. The van der Waals surface area contributed by atoms with Crippen molar-refractivity contribution in [3.8, 4) is 5.75 Å². The molecule has 0 aliphatic carbocycles. The van der Waals surface area contributed by atoms with Gasteiger partial charge in [-0.2, -0.15) is 0 Å². The van der Waals surface area contributed by atoms with E-state index in [1.807, 2.05) is 36.7 Å². The quantitative estimate of drug-likeness (QED) is 0.243. The molecule has 3 aromatic carbocycles. The SMILES string of the molecule is CC(C)Oc1ccc(P(=O)(c2ccc(Cl)cc2)c2ccc(Cl)cc2)cc1[CH]=[Ru]([Cl])[Cl]. The number of hydrogen-bond acceptors (Lipinski definition) is 2. The third-order valence-corrected chi connectivity index (χ3v) is 9.68. The van der Waals surface area contributed by atoms with Crippen molar-refractivity contribution in [1.29, 1.82) is 0 Å². The third kappa shape index (κ3) is 5.57. The Bertz CT molecular complexity index is 1060. The molecule has 8 heteroatoms. The molecule has 0 saturated carbocycles. The molecule has 160 valence electrons. The number of hydrogen-bond donors (Lipinski definition) is 0. The summed E-state index contributed by atoms with van der Waals surface area (Å²) in [6, 6.07) is 19.6. The summed E-state index contributed by atoms with van der Waals surface area (Å²) in [5.41, 5.74) is 0.744. The molecule has 0 radical (unpaired) electrons. The molecule has 0 atom stereocenters. The summed E-state index contributed by atoms with van der Waals surface area (Å²) in [6.07, 6.45) is -0.0198. The van der Waals surface area contributed by atoms with Crippen LogP contribution in [0.25, 0.3) is 0 Å². The molecule has 3 aromatic rings. The molecule has 0 aliphatic rings. The molecule has 0 bridgehead atoms. The second kappa shape index (κ2) is 10.3. The van der Waals surface area contributed by atoms with Crippen molar-refractivity contribution in [3.05, 3.63) is 82.3 Å². The predicted molar refractivity (Wildman–Crippen MR) is 128 cm³/mol. The molecule has 0 N–H and O–H groups in total. The van der Waals surface area contributed by atoms with Crippen LogP contribution >= 0.6 is 49.7 Å². The second-order valence-corrected chi connectivity index (χ2v) is 16.1. The second-order valence-electron chi connectivity index (χ2n) is 6.76. The first kappa shape index (κ1) is 24.0. The number of rotatable bonds is 6. The van der Waals surface area contributed by atoms with Gasteiger partial charge in [0.15, 0.2) is 0 Å². The Hall–Kier alpha value is -0.657. The van der Waals surface area contributed by atoms with Crippen molar-refractivity contribution >= 4 is 70.2 Å². The minimum atomic E-state index is -3.20. The number of halogens is 4. The predicted octanol–water partition coefficient (Wildman–Crippen LogP) is 6.50. The molecular weight excluding hydrogens is 570 g/mol. The fraction of sp³-hybridized carbons (Fsp3) is 0.136. The molecule has 0 spiro atoms. The van der Waals surface area contributed by atoms with Gasteiger partial charge >= 0.3 is 201 Å². The van der Waals surface area contributed by atoms with Gasteiger partial charge in [0.2, 0.25) is 0 Å². The van der Waals surface area contributed by atoms with E-state index in [1.165, 1.54) is 0 Å². The summed E-state index contributed by atoms with van der Waals surface area (Å²) in [5.74, 6) is 0.660. The van der Waals surface area contributed by atoms with Crippen molar-refractivity contribution < 1.29 is 22.8 Å². The molecule has 30 heavy (non-hydrogen) atoms. The number of ether oxygens (including phenoxy) is 1. The monoisotopic (exact) mass is 588 g/mol. The Kier molecular flexibility index (Phi) is 8.24. The summed E-state index contributed by atoms with van der Waals surface area (Å²) < 4.78 is 22.3. The molecule has 3 rings (SSSR count). The summed E-state index contributed by atoms with van der Waals surface area (Å²) in [4.78, 5) is 0. The van der Waals surface area contributed by atoms with E-state index < -0.39 is 20.7 Å². The average molecular weight is 589 g/mol. The summed E-state index contributed by atoms with van der Waals surface area (Å²) in [7, 11) is 9.11. The van der Waals surface area contributed by atoms with E-state index in [-0.39, 0.29) is 6.10 Å². The van der Waals surface area contributed by atoms with Gasteiger partial charge in [-0.1, -0.05) is 0 Å². The van der Waals surface area contributed by atoms with E-state index in [1.54, 1.807) is 48.5 Å². The van der Waals surface area contributed by atoms with Crippen molar-refractivity contribution in [1.82, 2.24) is 0 Å². The molecule has 0 heterocycles. The molecule has 0 unspecified atom stereocenters. The normalized spacial score (nSPS) is 12.0. The van der Waals surface area contributed by atoms with E-state index in [2.05, 4.69) is 0 Å². The molecule has 0 aliphatic heterocycles. The molecule has 0 fully saturated rings. The molecule has 0 aromatic heterocycles. The van der Waals surface area contributed by atoms with E-state index in [9.17, 15) is 4.57 Å². The van der Waals surface area contributed by atoms with E-state index >= 15 is 0 Å². The van der Waals surface area contributed by atoms with Gasteiger partial charge in [-0.25, -0.2) is 0 Å². The fourth-order valence-electron chi connectivity index (χ4n) is 3.01. The van der Waals surface area contributed by atoms with Crippen LogP contribution < -0.4 is 20.7 Å². The zero-order valence-electron chi connectivity index (χ0n) is 16.1. The summed E-state index contributed by atoms with van der Waals surface area (Å²) >= 11 is 10.0. The van der Waals surface area contributed by atoms with Crippen LogP contribution in [-0.4, -0.2) is 10.7 Å². The van der Waals surface area contributed by atoms with Crippen LogP contribution in [0.15, 0.2) is 66.7 Å². The van der Waals surface area contributed by atoms with Gasteiger partial charge in [0.1, 0.15) is 0 Å². The minimum absolute atomic E-state index is 0.0198. The van der Waals surface area contributed by atoms with Crippen molar-refractivity contribution in [3.63, 3.8) is 0 Å². The first-order valence-electron chi connectivity index (χ1n) is 8.97. The van der Waals surface area contributed by atoms with Crippen LogP contribution in [0, 0.1) is 0 Å². The van der Waals surface area contributed by atoms with Crippen molar-refractivity contribution in [2.45, 2.75) is 20.0 Å². The van der Waals surface area contributed by atoms with Crippen LogP contribution in [0.2, 0.25) is 10.0 Å². The van der Waals surface area contributed by atoms with E-state index in [4.69, 9.17) is 47.3 Å². The zero-order valence-corrected chi connectivity index (χ0v) is 21.8. The van der Waals surface area contributed by atoms with E-state index in [0.717, 1.165) is 5.56 Å². The van der Waals surface area contributed by atoms with Gasteiger partial charge in [0.25, 0.3) is 0 Å². The molecule has 0 amide bonds. The van der Waals surface area contributed by atoms with Gasteiger partial charge < -0.3 is 0 Å². The summed E-state index contributed by atoms with van der Waals surface area (Å²) in [5, 5.41) is 3.15. The van der Waals surface area contributed by atoms with E-state index in [0.29, 0.717) is 31.7 Å². The standard InChI is InChI=1S/C22H19Cl2O2P.2ClH.Ru/c1-15(2)26-22-13-12-21(14-16(22)3)27(25,19-8-4-17(23)5-9-19)20-10-6-18(24)7-11-20;;;/h3-15H,1-2H3;2*1H;/q;;;+2/p-2. The first-order valence-corrected chi connectivity index (χ1v) is 16.9. The van der Waals surface area contributed by atoms with Crippen LogP contribution in [0.3, 0.4) is 0 Å². The molecule has 0 saturated heterocycles. The van der Waals surface area contributed by atoms with Gasteiger partial charge in [-0.3, -0.25) is 0 Å². The molecular formula is C22H19Cl4O2PRu. The Morgan fingerprint density at radius 3 is 1.73 bits per heavy atom. The summed E-state index contributed by atoms with van der Waals surface area (Å²) in [6.45, 7) is 3.89. The van der Waals surface area contributed by atoms with Crippen molar-refractivity contribution in [2.24, 2.45) is 0 Å². The van der Waals surface area contributed by atoms with Gasteiger partial charge in [-0.15, -0.1) is 0 Å². The topological polar surface area (TPSA) is 26.3 Å². The van der Waals surface area contributed by atoms with Crippen molar-refractivity contribution in [2.75, 3.05) is 0 Å². The van der Waals surface area contributed by atoms with Crippen LogP contribution in [0.1, 0.15) is 19.4 Å². The van der Waals surface area contributed by atoms with Crippen LogP contribution in [0.4, 0.5) is 0 Å². The Balaban J connectivity index is 2.26. The zero-order chi connectivity index (χ0) is 21.9. The molecule has 2 nitrogen and oxygen atoms in total. The average Bonchev–Trinajstić information content (AvgIpc) is 2.69. The van der Waals surface area contributed by atoms with Crippen LogP contribution in [0.5, 0.6) is 5.75 Å². The third-order valence-electron chi connectivity index (χ3n) is 4.29. The van der Waals surface area contributed by atoms with Gasteiger partial charge in [0.05, 0.1) is 0 Å². The Morgan fingerprint density at radius 1 is 0.833 bits per heavy atom. The maximum absolute atomic E-state index is 14.6. The maximum atomic E-state index is 14.6. The van der Waals surface area contributed by atoms with Crippen LogP contribution in [-0.2, 0) is 18.1 Å². The first-order chi connectivity index (χ1) is 14.2. The van der Waals surface area contributed by atoms with Gasteiger partial charge in [-0.05, 0) is 0 Å². The Morgan fingerprint density at radius 2 is 1.30 bits per heavy atom. The number of benzene rings is 3.